The minimum absolute atomic E-state index is 0.210. The van der Waals surface area contributed by atoms with Gasteiger partial charge in [0.15, 0.2) is 5.82 Å². The third-order valence-corrected chi connectivity index (χ3v) is 4.30. The van der Waals surface area contributed by atoms with Crippen molar-refractivity contribution in [1.29, 1.82) is 0 Å². The van der Waals surface area contributed by atoms with Gasteiger partial charge in [0.25, 0.3) is 5.56 Å². The molecule has 0 radical (unpaired) electrons. The summed E-state index contributed by atoms with van der Waals surface area (Å²) >= 11 is 0. The molecular weight excluding hydrogens is 340 g/mol. The van der Waals surface area contributed by atoms with Crippen LogP contribution in [0.25, 0.3) is 16.9 Å². The lowest BCUT2D eigenvalue weighted by Crippen LogP contribution is -2.17. The highest BCUT2D eigenvalue weighted by atomic mass is 32.2. The number of pyridine rings is 1. The van der Waals surface area contributed by atoms with E-state index in [2.05, 4.69) is 14.8 Å². The van der Waals surface area contributed by atoms with Gasteiger partial charge in [-0.3, -0.25) is 14.6 Å². The summed E-state index contributed by atoms with van der Waals surface area (Å²) < 4.78 is 26.2. The predicted molar refractivity (Wildman–Crippen MR) is 97.6 cm³/mol. The Morgan fingerprint density at radius 2 is 1.76 bits per heavy atom. The largest absolute Gasteiger partial charge is 0.293 e. The number of benzene rings is 1. The van der Waals surface area contributed by atoms with Crippen molar-refractivity contribution in [2.45, 2.75) is 13.8 Å². The van der Waals surface area contributed by atoms with Gasteiger partial charge in [0.2, 0.25) is 10.0 Å². The molecule has 7 nitrogen and oxygen atoms in total. The number of rotatable bonds is 4. The third-order valence-electron chi connectivity index (χ3n) is 3.69. The lowest BCUT2D eigenvalue weighted by atomic mass is 10.1. The Morgan fingerprint density at radius 3 is 2.32 bits per heavy atom. The fourth-order valence-electron chi connectivity index (χ4n) is 2.56. The average molecular weight is 358 g/mol. The van der Waals surface area contributed by atoms with Gasteiger partial charge in [-0.05, 0) is 31.5 Å². The summed E-state index contributed by atoms with van der Waals surface area (Å²) in [6.45, 7) is 3.81. The van der Waals surface area contributed by atoms with Crippen LogP contribution in [0.4, 0.5) is 5.69 Å². The lowest BCUT2D eigenvalue weighted by molar-refractivity contribution is 0.607. The van der Waals surface area contributed by atoms with Crippen molar-refractivity contribution in [1.82, 2.24) is 14.8 Å². The fraction of sp³-hybridized carbons (Fsp3) is 0.176. The van der Waals surface area contributed by atoms with Crippen LogP contribution in [-0.2, 0) is 10.0 Å². The molecule has 0 spiro atoms. The van der Waals surface area contributed by atoms with Gasteiger partial charge in [0.05, 0.1) is 23.7 Å². The van der Waals surface area contributed by atoms with Crippen molar-refractivity contribution < 1.29 is 8.42 Å². The van der Waals surface area contributed by atoms with Gasteiger partial charge in [-0.25, -0.2) is 18.1 Å². The van der Waals surface area contributed by atoms with Crippen molar-refractivity contribution >= 4 is 15.7 Å². The molecule has 0 unspecified atom stereocenters. The number of aryl methyl sites for hydroxylation is 2. The molecule has 0 aliphatic carbocycles. The maximum absolute atomic E-state index is 12.8. The van der Waals surface area contributed by atoms with Crippen molar-refractivity contribution in [2.75, 3.05) is 11.0 Å². The first kappa shape index (κ1) is 17.0. The molecular formula is C17H18N4O3S. The fourth-order valence-corrected chi connectivity index (χ4v) is 3.11. The van der Waals surface area contributed by atoms with Crippen molar-refractivity contribution in [3.8, 4) is 16.9 Å². The Bertz CT molecular complexity index is 1060. The Hall–Kier alpha value is -2.87. The number of H-pyrrole nitrogens is 1. The first-order valence-electron chi connectivity index (χ1n) is 7.57. The summed E-state index contributed by atoms with van der Waals surface area (Å²) in [5.41, 5.74) is 3.39. The zero-order valence-corrected chi connectivity index (χ0v) is 14.9. The maximum Gasteiger partial charge on any atom is 0.280 e. The molecule has 0 saturated heterocycles. The maximum atomic E-state index is 12.8. The Kier molecular flexibility index (Phi) is 4.22. The van der Waals surface area contributed by atoms with E-state index in [1.165, 1.54) is 10.9 Å². The normalized spacial score (nSPS) is 11.5. The van der Waals surface area contributed by atoms with Crippen LogP contribution >= 0.6 is 0 Å². The van der Waals surface area contributed by atoms with E-state index in [9.17, 15) is 13.2 Å². The molecule has 25 heavy (non-hydrogen) atoms. The first-order valence-corrected chi connectivity index (χ1v) is 9.46. The number of nitrogens with zero attached hydrogens (tertiary/aromatic N) is 2. The van der Waals surface area contributed by atoms with Crippen LogP contribution in [0.3, 0.4) is 0 Å². The zero-order valence-electron chi connectivity index (χ0n) is 14.1. The zero-order chi connectivity index (χ0) is 18.2. The second kappa shape index (κ2) is 6.21. The van der Waals surface area contributed by atoms with Gasteiger partial charge in [-0.2, -0.15) is 0 Å². The Balaban J connectivity index is 2.00. The second-order valence-electron chi connectivity index (χ2n) is 5.90. The highest BCUT2D eigenvalue weighted by Gasteiger charge is 2.15. The number of aromatic amines is 1. The van der Waals surface area contributed by atoms with Gasteiger partial charge in [0.1, 0.15) is 0 Å². The van der Waals surface area contributed by atoms with Crippen LogP contribution < -0.4 is 10.3 Å². The monoisotopic (exact) mass is 358 g/mol. The minimum Gasteiger partial charge on any atom is -0.293 e. The predicted octanol–water partition coefficient (Wildman–Crippen LogP) is 2.22. The Morgan fingerprint density at radius 1 is 1.08 bits per heavy atom. The number of hydrogen-bond acceptors (Lipinski definition) is 4. The van der Waals surface area contributed by atoms with Crippen LogP contribution in [0, 0.1) is 13.8 Å². The summed E-state index contributed by atoms with van der Waals surface area (Å²) in [6, 6.07) is 10.8. The van der Waals surface area contributed by atoms with Gasteiger partial charge < -0.3 is 0 Å². The number of anilines is 1. The van der Waals surface area contributed by atoms with Crippen LogP contribution in [0.15, 0.2) is 47.4 Å². The highest BCUT2D eigenvalue weighted by Crippen LogP contribution is 2.20. The summed E-state index contributed by atoms with van der Waals surface area (Å²) in [5.74, 6) is 0.380. The van der Waals surface area contributed by atoms with Crippen LogP contribution in [0.5, 0.6) is 0 Å². The molecule has 0 aliphatic rings. The van der Waals surface area contributed by atoms with Gasteiger partial charge >= 0.3 is 0 Å². The number of nitrogens with one attached hydrogen (secondary N) is 2. The van der Waals surface area contributed by atoms with E-state index < -0.39 is 10.0 Å². The molecule has 0 saturated carbocycles. The molecule has 0 fully saturated rings. The van der Waals surface area contributed by atoms with Crippen molar-refractivity contribution in [3.63, 3.8) is 0 Å². The standard InChI is InChI=1S/C17H18N4O3S/c1-11-4-6-13(7-5-11)16-12(2)19-21(17(16)22)15-9-8-14(10-18-15)20-25(3,23)24/h4-10,19-20H,1-3H3. The smallest absolute Gasteiger partial charge is 0.280 e. The van der Waals surface area contributed by atoms with Gasteiger partial charge in [-0.15, -0.1) is 0 Å². The van der Waals surface area contributed by atoms with E-state index in [0.717, 1.165) is 23.1 Å². The molecule has 0 amide bonds. The highest BCUT2D eigenvalue weighted by molar-refractivity contribution is 7.92. The van der Waals surface area contributed by atoms with E-state index in [-0.39, 0.29) is 5.56 Å². The Labute approximate surface area is 145 Å². The van der Waals surface area contributed by atoms with Crippen LogP contribution in [-0.4, -0.2) is 29.4 Å². The topological polar surface area (TPSA) is 96.8 Å². The van der Waals surface area contributed by atoms with E-state index in [1.807, 2.05) is 38.1 Å². The van der Waals surface area contributed by atoms with Gasteiger partial charge in [-0.1, -0.05) is 29.8 Å². The second-order valence-corrected chi connectivity index (χ2v) is 7.65. The van der Waals surface area contributed by atoms with Gasteiger partial charge in [0, 0.05) is 5.69 Å². The molecule has 130 valence electrons. The minimum atomic E-state index is -3.37. The van der Waals surface area contributed by atoms with E-state index in [1.54, 1.807) is 12.1 Å². The average Bonchev–Trinajstić information content (AvgIpc) is 2.83. The summed E-state index contributed by atoms with van der Waals surface area (Å²) in [6.07, 6.45) is 2.43. The van der Waals surface area contributed by atoms with Crippen LogP contribution in [0.1, 0.15) is 11.3 Å². The molecule has 2 N–H and O–H groups in total. The molecule has 0 bridgehead atoms. The van der Waals surface area contributed by atoms with Crippen LogP contribution in [0.2, 0.25) is 0 Å². The summed E-state index contributed by atoms with van der Waals surface area (Å²) in [4.78, 5) is 16.9. The molecule has 3 aromatic rings. The molecule has 3 rings (SSSR count). The molecule has 2 heterocycles. The quantitative estimate of drug-likeness (QED) is 0.747. The third kappa shape index (κ3) is 3.63. The molecule has 0 aliphatic heterocycles. The SMILES string of the molecule is Cc1ccc(-c2c(C)[nH]n(-c3ccc(NS(C)(=O)=O)cn3)c2=O)cc1. The van der Waals surface area contributed by atoms with Crippen molar-refractivity contribution in [2.24, 2.45) is 0 Å². The molecule has 0 atom stereocenters. The summed E-state index contributed by atoms with van der Waals surface area (Å²) in [5, 5.41) is 3.01. The first-order chi connectivity index (χ1) is 11.7. The molecule has 1 aromatic carbocycles. The number of aromatic nitrogens is 3. The van der Waals surface area contributed by atoms with Crippen molar-refractivity contribution in [3.05, 3.63) is 64.2 Å². The molecule has 2 aromatic heterocycles. The lowest BCUT2D eigenvalue weighted by Gasteiger charge is -2.05. The number of hydrogen-bond donors (Lipinski definition) is 2. The number of sulfonamides is 1. The van der Waals surface area contributed by atoms with E-state index in [0.29, 0.717) is 17.1 Å². The molecule has 8 heteroatoms. The van der Waals surface area contributed by atoms with E-state index in [4.69, 9.17) is 0 Å². The van der Waals surface area contributed by atoms with E-state index >= 15 is 0 Å². The summed E-state index contributed by atoms with van der Waals surface area (Å²) in [7, 11) is -3.37.